The number of urea groups is 1. The molecule has 1 saturated heterocycles. The number of hydrogen-bond donors (Lipinski definition) is 2. The third kappa shape index (κ3) is 2.99. The molecule has 1 aromatic rings. The Morgan fingerprint density at radius 3 is 2.90 bits per heavy atom. The SMILES string of the molecule is O=C(O)[C@@H]1CSCN1C(=O)Nc1cccc([N+](=O)[O-])c1. The zero-order chi connectivity index (χ0) is 14.7. The third-order valence-electron chi connectivity index (χ3n) is 2.74. The highest BCUT2D eigenvalue weighted by Crippen LogP contribution is 2.23. The lowest BCUT2D eigenvalue weighted by molar-refractivity contribution is -0.384. The Morgan fingerprint density at radius 2 is 2.25 bits per heavy atom. The highest BCUT2D eigenvalue weighted by Gasteiger charge is 2.34. The number of amides is 2. The molecule has 1 aromatic carbocycles. The maximum absolute atomic E-state index is 12.0. The predicted octanol–water partition coefficient (Wildman–Crippen LogP) is 1.59. The van der Waals surface area contributed by atoms with Crippen molar-refractivity contribution in [3.63, 3.8) is 0 Å². The number of carbonyl (C=O) groups excluding carboxylic acids is 1. The molecule has 1 aliphatic heterocycles. The molecular weight excluding hydrogens is 286 g/mol. The van der Waals surface area contributed by atoms with Crippen LogP contribution in [-0.2, 0) is 4.79 Å². The van der Waals surface area contributed by atoms with Crippen molar-refractivity contribution in [2.24, 2.45) is 0 Å². The summed E-state index contributed by atoms with van der Waals surface area (Å²) in [6, 6.07) is 4.02. The summed E-state index contributed by atoms with van der Waals surface area (Å²) in [5, 5.41) is 22.1. The number of rotatable bonds is 3. The number of nitrogens with zero attached hydrogens (tertiary/aromatic N) is 2. The highest BCUT2D eigenvalue weighted by atomic mass is 32.2. The molecule has 2 N–H and O–H groups in total. The number of anilines is 1. The molecule has 0 aromatic heterocycles. The number of nitro benzene ring substituents is 1. The van der Waals surface area contributed by atoms with Gasteiger partial charge in [0.25, 0.3) is 5.69 Å². The van der Waals surface area contributed by atoms with Gasteiger partial charge in [-0.2, -0.15) is 0 Å². The van der Waals surface area contributed by atoms with Crippen LogP contribution in [-0.4, -0.2) is 44.6 Å². The first kappa shape index (κ1) is 14.1. The van der Waals surface area contributed by atoms with Crippen LogP contribution in [0.4, 0.5) is 16.2 Å². The van der Waals surface area contributed by atoms with E-state index >= 15 is 0 Å². The number of carboxylic acids is 1. The average Bonchev–Trinajstić information content (AvgIpc) is 2.88. The van der Waals surface area contributed by atoms with Crippen molar-refractivity contribution in [1.82, 2.24) is 4.90 Å². The molecule has 2 rings (SSSR count). The lowest BCUT2D eigenvalue weighted by atomic mass is 10.3. The van der Waals surface area contributed by atoms with Crippen LogP contribution in [0.2, 0.25) is 0 Å². The van der Waals surface area contributed by atoms with E-state index in [9.17, 15) is 19.7 Å². The van der Waals surface area contributed by atoms with Gasteiger partial charge in [-0.25, -0.2) is 9.59 Å². The number of carbonyl (C=O) groups is 2. The standard InChI is InChI=1S/C11H11N3O5S/c15-10(16)9-5-20-6-13(9)11(17)12-7-2-1-3-8(4-7)14(18)19/h1-4,9H,5-6H2,(H,12,17)(H,15,16)/t9-/m0/s1. The van der Waals surface area contributed by atoms with Gasteiger partial charge in [-0.05, 0) is 6.07 Å². The smallest absolute Gasteiger partial charge is 0.327 e. The van der Waals surface area contributed by atoms with Crippen LogP contribution >= 0.6 is 11.8 Å². The number of non-ortho nitro benzene ring substituents is 1. The topological polar surface area (TPSA) is 113 Å². The average molecular weight is 297 g/mol. The van der Waals surface area contributed by atoms with Gasteiger partial charge in [0, 0.05) is 23.6 Å². The minimum absolute atomic E-state index is 0.145. The minimum atomic E-state index is -1.07. The van der Waals surface area contributed by atoms with Crippen LogP contribution in [0.5, 0.6) is 0 Å². The van der Waals surface area contributed by atoms with Gasteiger partial charge in [-0.1, -0.05) is 6.07 Å². The van der Waals surface area contributed by atoms with Crippen molar-refractivity contribution >= 4 is 35.1 Å². The Balaban J connectivity index is 2.09. The van der Waals surface area contributed by atoms with E-state index in [0.717, 1.165) is 0 Å². The number of nitrogens with one attached hydrogen (secondary N) is 1. The van der Waals surface area contributed by atoms with Gasteiger partial charge in [0.15, 0.2) is 0 Å². The van der Waals surface area contributed by atoms with Crippen molar-refractivity contribution < 1.29 is 19.6 Å². The van der Waals surface area contributed by atoms with Crippen LogP contribution < -0.4 is 5.32 Å². The molecule has 9 heteroatoms. The van der Waals surface area contributed by atoms with E-state index in [-0.39, 0.29) is 17.3 Å². The fraction of sp³-hybridized carbons (Fsp3) is 0.273. The summed E-state index contributed by atoms with van der Waals surface area (Å²) < 4.78 is 0. The highest BCUT2D eigenvalue weighted by molar-refractivity contribution is 7.99. The van der Waals surface area contributed by atoms with Gasteiger partial charge < -0.3 is 15.3 Å². The predicted molar refractivity (Wildman–Crippen MR) is 72.7 cm³/mol. The summed E-state index contributed by atoms with van der Waals surface area (Å²) in [4.78, 5) is 34.2. The summed E-state index contributed by atoms with van der Waals surface area (Å²) >= 11 is 1.34. The van der Waals surface area contributed by atoms with Gasteiger partial charge in [-0.3, -0.25) is 10.1 Å². The van der Waals surface area contributed by atoms with Crippen molar-refractivity contribution in [3.05, 3.63) is 34.4 Å². The molecule has 1 aliphatic rings. The van der Waals surface area contributed by atoms with E-state index in [1.165, 1.54) is 40.9 Å². The number of nitro groups is 1. The molecule has 1 heterocycles. The molecular formula is C11H11N3O5S. The lowest BCUT2D eigenvalue weighted by Crippen LogP contribution is -2.43. The Kier molecular flexibility index (Phi) is 4.08. The lowest BCUT2D eigenvalue weighted by Gasteiger charge is -2.20. The Morgan fingerprint density at radius 1 is 1.50 bits per heavy atom. The Labute approximate surface area is 117 Å². The van der Waals surface area contributed by atoms with Gasteiger partial charge >= 0.3 is 12.0 Å². The third-order valence-corrected chi connectivity index (χ3v) is 3.75. The molecule has 8 nitrogen and oxygen atoms in total. The molecule has 1 fully saturated rings. The second-order valence-corrected chi connectivity index (χ2v) is 5.06. The summed E-state index contributed by atoms with van der Waals surface area (Å²) in [6.45, 7) is 0. The van der Waals surface area contributed by atoms with E-state index in [0.29, 0.717) is 5.75 Å². The van der Waals surface area contributed by atoms with E-state index in [1.54, 1.807) is 0 Å². The van der Waals surface area contributed by atoms with E-state index in [2.05, 4.69) is 5.32 Å². The monoisotopic (exact) mass is 297 g/mol. The molecule has 0 spiro atoms. The summed E-state index contributed by atoms with van der Waals surface area (Å²) in [7, 11) is 0. The summed E-state index contributed by atoms with van der Waals surface area (Å²) in [5.74, 6) is -0.459. The second-order valence-electron chi connectivity index (χ2n) is 4.06. The first-order chi connectivity index (χ1) is 9.49. The fourth-order valence-corrected chi connectivity index (χ4v) is 2.88. The van der Waals surface area contributed by atoms with Gasteiger partial charge in [0.2, 0.25) is 0 Å². The van der Waals surface area contributed by atoms with Crippen LogP contribution in [0.25, 0.3) is 0 Å². The van der Waals surface area contributed by atoms with Crippen LogP contribution in [0.1, 0.15) is 0 Å². The molecule has 2 amide bonds. The Hall–Kier alpha value is -2.29. The van der Waals surface area contributed by atoms with E-state index in [1.807, 2.05) is 0 Å². The van der Waals surface area contributed by atoms with Crippen molar-refractivity contribution in [2.45, 2.75) is 6.04 Å². The molecule has 20 heavy (non-hydrogen) atoms. The number of hydrogen-bond acceptors (Lipinski definition) is 5. The number of thioether (sulfide) groups is 1. The molecule has 0 saturated carbocycles. The maximum Gasteiger partial charge on any atom is 0.327 e. The van der Waals surface area contributed by atoms with Crippen molar-refractivity contribution in [1.29, 1.82) is 0 Å². The quantitative estimate of drug-likeness (QED) is 0.647. The summed E-state index contributed by atoms with van der Waals surface area (Å²) in [5.41, 5.74) is 0.110. The largest absolute Gasteiger partial charge is 0.480 e. The molecule has 106 valence electrons. The number of aliphatic carboxylic acids is 1. The van der Waals surface area contributed by atoms with Crippen molar-refractivity contribution in [2.75, 3.05) is 16.9 Å². The zero-order valence-corrected chi connectivity index (χ0v) is 11.0. The fourth-order valence-electron chi connectivity index (χ4n) is 1.74. The summed E-state index contributed by atoms with van der Waals surface area (Å²) in [6.07, 6.45) is 0. The maximum atomic E-state index is 12.0. The zero-order valence-electron chi connectivity index (χ0n) is 10.2. The van der Waals surface area contributed by atoms with Gasteiger partial charge in [0.05, 0.1) is 10.8 Å². The van der Waals surface area contributed by atoms with Gasteiger partial charge in [0.1, 0.15) is 6.04 Å². The van der Waals surface area contributed by atoms with Crippen LogP contribution in [0, 0.1) is 10.1 Å². The van der Waals surface area contributed by atoms with E-state index < -0.39 is 23.0 Å². The van der Waals surface area contributed by atoms with Crippen molar-refractivity contribution in [3.8, 4) is 0 Å². The van der Waals surface area contributed by atoms with Gasteiger partial charge in [-0.15, -0.1) is 11.8 Å². The first-order valence-electron chi connectivity index (χ1n) is 5.61. The molecule has 1 atom stereocenters. The molecule has 0 unspecified atom stereocenters. The van der Waals surface area contributed by atoms with Crippen LogP contribution in [0.3, 0.4) is 0 Å². The van der Waals surface area contributed by atoms with Crippen LogP contribution in [0.15, 0.2) is 24.3 Å². The normalized spacial score (nSPS) is 17.8. The number of carboxylic acid groups (broad SMARTS) is 1. The molecule has 0 aliphatic carbocycles. The molecule has 0 bridgehead atoms. The minimum Gasteiger partial charge on any atom is -0.480 e. The second kappa shape index (κ2) is 5.78. The Bertz CT molecular complexity index is 565. The first-order valence-corrected chi connectivity index (χ1v) is 6.77. The van der Waals surface area contributed by atoms with E-state index in [4.69, 9.17) is 5.11 Å². The molecule has 0 radical (unpaired) electrons. The number of benzene rings is 1.